The molecule has 346 valence electrons. The maximum absolute atomic E-state index is 6.55. The van der Waals surface area contributed by atoms with Crippen LogP contribution in [0.1, 0.15) is 44.5 Å². The molecule has 12 rings (SSSR count). The zero-order valence-electron chi connectivity index (χ0n) is 40.3. The summed E-state index contributed by atoms with van der Waals surface area (Å²) in [5.74, 6) is 0.825. The number of para-hydroxylation sites is 3. The predicted octanol–water partition coefficient (Wildman–Crippen LogP) is 15.8. The van der Waals surface area contributed by atoms with Gasteiger partial charge in [0, 0.05) is 28.9 Å². The van der Waals surface area contributed by atoms with Crippen LogP contribution in [0.4, 0.5) is 0 Å². The summed E-state index contributed by atoms with van der Waals surface area (Å²) >= 11 is 0. The molecule has 5 nitrogen and oxygen atoms in total. The average Bonchev–Trinajstić information content (AvgIpc) is 3.99. The summed E-state index contributed by atoms with van der Waals surface area (Å²) in [7, 11) is 0. The predicted molar refractivity (Wildman–Crippen MR) is 287 cm³/mol. The number of imidazole rings is 1. The van der Waals surface area contributed by atoms with Crippen molar-refractivity contribution in [2.24, 2.45) is 0 Å². The van der Waals surface area contributed by atoms with E-state index in [1.54, 1.807) is 0 Å². The summed E-state index contributed by atoms with van der Waals surface area (Å²) in [6.07, 6.45) is 8.00. The quantitative estimate of drug-likeness (QED) is 0.128. The van der Waals surface area contributed by atoms with E-state index in [-0.39, 0.29) is 20.1 Å². The van der Waals surface area contributed by atoms with E-state index in [0.717, 1.165) is 104 Å². The molecule has 0 saturated heterocycles. The molecule has 0 saturated carbocycles. The van der Waals surface area contributed by atoms with Crippen LogP contribution in [0.3, 0.4) is 0 Å². The molecule has 0 radical (unpaired) electrons. The van der Waals surface area contributed by atoms with Gasteiger partial charge in [0.2, 0.25) is 0 Å². The molecule has 0 spiro atoms. The fourth-order valence-corrected chi connectivity index (χ4v) is 9.37. The second-order valence-corrected chi connectivity index (χ2v) is 18.3. The van der Waals surface area contributed by atoms with Gasteiger partial charge in [0.05, 0.1) is 22.4 Å². The summed E-state index contributed by atoms with van der Waals surface area (Å²) in [5.41, 5.74) is 20.1. The Bertz CT molecular complexity index is 3820. The molecule has 4 aromatic heterocycles. The summed E-state index contributed by atoms with van der Waals surface area (Å²) < 4.78 is 8.74. The van der Waals surface area contributed by atoms with E-state index in [0.29, 0.717) is 0 Å². The minimum absolute atomic E-state index is 0. The normalized spacial score (nSPS) is 11.2. The van der Waals surface area contributed by atoms with Crippen molar-refractivity contribution in [3.8, 4) is 39.6 Å². The van der Waals surface area contributed by atoms with Crippen LogP contribution in [0.5, 0.6) is 0 Å². The molecule has 0 amide bonds. The molecule has 0 unspecified atom stereocenters. The molecule has 0 aliphatic rings. The SMILES string of the molecule is Cc1c[c-]c(-c2cc(C)c(CCc3cccc(CCc4c[c-]c(-c5cc(C)c(C)cn5)cc4)c3)cn2)cc1.[Ir+3].[c-]1ccc2c(oc3c4ccccc4ccc23)c1-c1nc2ccccc2n1-c1ccccc1. The second-order valence-electron chi connectivity index (χ2n) is 18.3. The number of pyridine rings is 2. The number of rotatable bonds is 10. The monoisotopic (exact) mass is 1100 g/mol. The van der Waals surface area contributed by atoms with Crippen LogP contribution >= 0.6 is 0 Å². The van der Waals surface area contributed by atoms with Crippen LogP contribution < -0.4 is 0 Å². The molecular weight excluding hydrogens is 1040 g/mol. The molecule has 12 aromatic rings. The zero-order valence-corrected chi connectivity index (χ0v) is 42.7. The van der Waals surface area contributed by atoms with Crippen molar-refractivity contribution >= 4 is 43.7 Å². The van der Waals surface area contributed by atoms with Gasteiger partial charge in [0.25, 0.3) is 0 Å². The van der Waals surface area contributed by atoms with Gasteiger partial charge in [-0.1, -0.05) is 139 Å². The minimum atomic E-state index is 0. The van der Waals surface area contributed by atoms with Crippen molar-refractivity contribution in [1.82, 2.24) is 19.5 Å². The molecule has 0 aliphatic carbocycles. The maximum Gasteiger partial charge on any atom is 3.00 e. The summed E-state index contributed by atoms with van der Waals surface area (Å²) in [6, 6.07) is 71.5. The summed E-state index contributed by atoms with van der Waals surface area (Å²) in [6.45, 7) is 8.48. The molecule has 0 bridgehead atoms. The standard InChI is InChI=1S/C36H34N2.C29H17N2O.Ir/c1-25-8-15-32(16-9-25)36-21-27(3)34(24-38-36)19-14-31-7-5-6-30(22-31)11-10-29-12-17-33(18-13-29)35-20-26(2)28(4)23-37-35;1-2-10-20(11-3-1)31-26-16-7-6-15-25(26)30-29(31)24-14-8-13-22-23-18-17-19-9-4-5-12-21(19)27(23)32-28(22)24;/h5-9,12-13,15,17,20-24H,10-11,14,19H2,1-4H3;1-13,15-18H;/q-2;-1;+3. The van der Waals surface area contributed by atoms with E-state index >= 15 is 0 Å². The van der Waals surface area contributed by atoms with Gasteiger partial charge in [0.15, 0.2) is 0 Å². The van der Waals surface area contributed by atoms with E-state index in [9.17, 15) is 0 Å². The number of benzene rings is 8. The number of hydrogen-bond donors (Lipinski definition) is 0. The first-order chi connectivity index (χ1) is 34.3. The number of fused-ring (bicyclic) bond motifs is 6. The van der Waals surface area contributed by atoms with Crippen LogP contribution in [0, 0.1) is 45.9 Å². The molecule has 6 heteroatoms. The average molecular weight is 1100 g/mol. The Balaban J connectivity index is 0.000000163. The smallest absolute Gasteiger partial charge is 0.500 e. The van der Waals surface area contributed by atoms with Gasteiger partial charge in [0.1, 0.15) is 5.58 Å². The Morgan fingerprint density at radius 1 is 0.507 bits per heavy atom. The third kappa shape index (κ3) is 9.87. The number of aromatic nitrogens is 4. The van der Waals surface area contributed by atoms with Gasteiger partial charge in [-0.3, -0.25) is 4.98 Å². The molecular formula is C65H51IrN4O. The third-order valence-corrected chi connectivity index (χ3v) is 13.5. The van der Waals surface area contributed by atoms with Crippen molar-refractivity contribution in [2.45, 2.75) is 53.4 Å². The Morgan fingerprint density at radius 3 is 1.96 bits per heavy atom. The number of furan rings is 1. The van der Waals surface area contributed by atoms with Gasteiger partial charge in [-0.25, -0.2) is 0 Å². The summed E-state index contributed by atoms with van der Waals surface area (Å²) in [5, 5.41) is 4.47. The topological polar surface area (TPSA) is 56.7 Å². The molecule has 0 atom stereocenters. The van der Waals surface area contributed by atoms with E-state index in [4.69, 9.17) is 14.4 Å². The Labute approximate surface area is 429 Å². The molecule has 0 aliphatic heterocycles. The van der Waals surface area contributed by atoms with Crippen molar-refractivity contribution in [3.05, 3.63) is 251 Å². The molecule has 0 fully saturated rings. The first-order valence-corrected chi connectivity index (χ1v) is 24.1. The van der Waals surface area contributed by atoms with E-state index in [1.807, 2.05) is 60.9 Å². The second kappa shape index (κ2) is 20.7. The fourth-order valence-electron chi connectivity index (χ4n) is 9.37. The van der Waals surface area contributed by atoms with Gasteiger partial charge in [-0.15, -0.1) is 89.0 Å². The number of nitrogens with zero attached hydrogens (tertiary/aromatic N) is 4. The first-order valence-electron chi connectivity index (χ1n) is 24.1. The van der Waals surface area contributed by atoms with Gasteiger partial charge in [-0.2, -0.15) is 0 Å². The molecule has 8 aromatic carbocycles. The van der Waals surface area contributed by atoms with Crippen molar-refractivity contribution < 1.29 is 24.5 Å². The fraction of sp³-hybridized carbons (Fsp3) is 0.123. The minimum Gasteiger partial charge on any atom is -0.500 e. The zero-order chi connectivity index (χ0) is 47.6. The van der Waals surface area contributed by atoms with Crippen molar-refractivity contribution in [1.29, 1.82) is 0 Å². The van der Waals surface area contributed by atoms with Crippen molar-refractivity contribution in [3.63, 3.8) is 0 Å². The first kappa shape index (κ1) is 46.9. The van der Waals surface area contributed by atoms with Gasteiger partial charge in [-0.05, 0) is 103 Å². The van der Waals surface area contributed by atoms with Gasteiger partial charge >= 0.3 is 20.1 Å². The van der Waals surface area contributed by atoms with Crippen molar-refractivity contribution in [2.75, 3.05) is 0 Å². The van der Waals surface area contributed by atoms with Gasteiger partial charge < -0.3 is 19.0 Å². The molecule has 71 heavy (non-hydrogen) atoms. The Kier molecular flexibility index (Phi) is 13.7. The van der Waals surface area contributed by atoms with Crippen LogP contribution in [-0.2, 0) is 45.8 Å². The van der Waals surface area contributed by atoms with E-state index in [1.165, 1.54) is 49.9 Å². The number of aryl methyl sites for hydroxylation is 8. The largest absolute Gasteiger partial charge is 3.00 e. The maximum atomic E-state index is 6.55. The van der Waals surface area contributed by atoms with Crippen LogP contribution in [-0.4, -0.2) is 19.5 Å². The van der Waals surface area contributed by atoms with E-state index < -0.39 is 0 Å². The summed E-state index contributed by atoms with van der Waals surface area (Å²) in [4.78, 5) is 14.3. The third-order valence-electron chi connectivity index (χ3n) is 13.5. The molecule has 4 heterocycles. The van der Waals surface area contributed by atoms with E-state index in [2.05, 4.69) is 183 Å². The Morgan fingerprint density at radius 2 is 1.20 bits per heavy atom. The van der Waals surface area contributed by atoms with Crippen LogP contribution in [0.15, 0.2) is 193 Å². The van der Waals surface area contributed by atoms with Crippen LogP contribution in [0.2, 0.25) is 0 Å². The number of hydrogen-bond acceptors (Lipinski definition) is 4. The Hall–Kier alpha value is -7.76. The molecule has 0 N–H and O–H groups in total. The van der Waals surface area contributed by atoms with Crippen LogP contribution in [0.25, 0.3) is 83.3 Å².